The highest BCUT2D eigenvalue weighted by Gasteiger charge is 2.19. The minimum Gasteiger partial charge on any atom is -0.307 e. The summed E-state index contributed by atoms with van der Waals surface area (Å²) in [5.41, 5.74) is 0.657. The van der Waals surface area contributed by atoms with E-state index in [2.05, 4.69) is 5.32 Å². The molecule has 0 saturated carbocycles. The van der Waals surface area contributed by atoms with Crippen molar-refractivity contribution < 1.29 is 9.18 Å². The van der Waals surface area contributed by atoms with Gasteiger partial charge in [0.05, 0.1) is 12.7 Å². The van der Waals surface area contributed by atoms with Gasteiger partial charge in [0, 0.05) is 10.3 Å². The topological polar surface area (TPSA) is 29.1 Å². The number of likely N-dealkylation sites (N-methyl/N-ethyl adjacent to an activating group) is 1. The molecule has 96 valence electrons. The van der Waals surface area contributed by atoms with Gasteiger partial charge in [-0.3, -0.25) is 9.18 Å². The number of fused-ring (bicyclic) bond motifs is 1. The van der Waals surface area contributed by atoms with Gasteiger partial charge in [-0.05, 0) is 35.9 Å². The molecule has 0 aliphatic heterocycles. The first-order chi connectivity index (χ1) is 8.76. The van der Waals surface area contributed by atoms with E-state index in [1.54, 1.807) is 11.3 Å². The number of alkyl halides is 1. The Morgan fingerprint density at radius 3 is 3.00 bits per heavy atom. The van der Waals surface area contributed by atoms with Crippen molar-refractivity contribution in [1.29, 1.82) is 0 Å². The molecule has 0 spiro atoms. The smallest absolute Gasteiger partial charge is 0.179 e. The molecule has 1 N–H and O–H groups in total. The lowest BCUT2D eigenvalue weighted by Gasteiger charge is -2.15. The lowest BCUT2D eigenvalue weighted by Crippen LogP contribution is -2.37. The number of Topliss-reactive ketones (excluding diaryl/α,β-unsaturated/α-hetero) is 1. The summed E-state index contributed by atoms with van der Waals surface area (Å²) in [5.74, 6) is -0.0233. The van der Waals surface area contributed by atoms with E-state index in [1.807, 2.05) is 36.6 Å². The van der Waals surface area contributed by atoms with Crippen molar-refractivity contribution in [2.75, 3.05) is 13.2 Å². The maximum absolute atomic E-state index is 12.5. The van der Waals surface area contributed by atoms with Gasteiger partial charge in [0.15, 0.2) is 5.78 Å². The molecular formula is C14H16FNOS. The van der Waals surface area contributed by atoms with E-state index in [9.17, 15) is 9.18 Å². The summed E-state index contributed by atoms with van der Waals surface area (Å²) in [4.78, 5) is 12.3. The fourth-order valence-electron chi connectivity index (χ4n) is 1.99. The summed E-state index contributed by atoms with van der Waals surface area (Å²) < 4.78 is 13.5. The second kappa shape index (κ2) is 6.07. The first-order valence-corrected chi connectivity index (χ1v) is 6.95. The van der Waals surface area contributed by atoms with Crippen LogP contribution in [0.25, 0.3) is 10.1 Å². The number of thiophene rings is 1. The minimum absolute atomic E-state index is 0.0233. The van der Waals surface area contributed by atoms with E-state index in [0.717, 1.165) is 10.1 Å². The normalized spacial score (nSPS) is 12.8. The monoisotopic (exact) mass is 265 g/mol. The van der Waals surface area contributed by atoms with E-state index < -0.39 is 12.7 Å². The Balaban J connectivity index is 2.24. The van der Waals surface area contributed by atoms with Crippen molar-refractivity contribution in [1.82, 2.24) is 5.32 Å². The van der Waals surface area contributed by atoms with Gasteiger partial charge in [0.25, 0.3) is 0 Å². The molecule has 0 saturated heterocycles. The molecule has 0 aliphatic rings. The van der Waals surface area contributed by atoms with Crippen LogP contribution in [0.2, 0.25) is 0 Å². The number of rotatable bonds is 6. The summed E-state index contributed by atoms with van der Waals surface area (Å²) in [7, 11) is 0. The predicted molar refractivity (Wildman–Crippen MR) is 74.2 cm³/mol. The summed E-state index contributed by atoms with van der Waals surface area (Å²) in [5, 5.41) is 6.18. The summed E-state index contributed by atoms with van der Waals surface area (Å²) >= 11 is 1.61. The van der Waals surface area contributed by atoms with E-state index in [1.165, 1.54) is 0 Å². The number of halogens is 1. The number of nitrogens with one attached hydrogen (secondary N) is 1. The highest BCUT2D eigenvalue weighted by Crippen LogP contribution is 2.22. The molecule has 0 bridgehead atoms. The molecule has 0 radical (unpaired) electrons. The van der Waals surface area contributed by atoms with Crippen molar-refractivity contribution in [2.24, 2.45) is 0 Å². The van der Waals surface area contributed by atoms with Gasteiger partial charge in [0.2, 0.25) is 0 Å². The van der Waals surface area contributed by atoms with Crippen molar-refractivity contribution in [2.45, 2.75) is 19.4 Å². The van der Waals surface area contributed by atoms with E-state index in [-0.39, 0.29) is 12.2 Å². The van der Waals surface area contributed by atoms with Crippen LogP contribution in [-0.2, 0) is 0 Å². The molecule has 1 aromatic carbocycles. The molecule has 18 heavy (non-hydrogen) atoms. The second-order valence-electron chi connectivity index (χ2n) is 4.13. The first-order valence-electron chi connectivity index (χ1n) is 6.07. The Morgan fingerprint density at radius 2 is 2.28 bits per heavy atom. The zero-order valence-electron chi connectivity index (χ0n) is 10.3. The standard InChI is InChI=1S/C14H16FNOS/c1-2-16-12(5-7-15)14(17)11-4-3-10-6-8-18-13(10)9-11/h3-4,6,8-9,12,16H,2,5,7H2,1H3. The molecular weight excluding hydrogens is 249 g/mol. The fraction of sp³-hybridized carbons (Fsp3) is 0.357. The summed E-state index contributed by atoms with van der Waals surface area (Å²) in [6.07, 6.45) is 0.231. The average Bonchev–Trinajstić information content (AvgIpc) is 2.84. The number of carbonyl (C=O) groups excluding carboxylic acids is 1. The third-order valence-electron chi connectivity index (χ3n) is 2.91. The van der Waals surface area contributed by atoms with Crippen molar-refractivity contribution in [3.63, 3.8) is 0 Å². The fourth-order valence-corrected chi connectivity index (χ4v) is 2.82. The molecule has 1 atom stereocenters. The quantitative estimate of drug-likeness (QED) is 0.811. The molecule has 2 aromatic rings. The van der Waals surface area contributed by atoms with Crippen molar-refractivity contribution in [3.8, 4) is 0 Å². The second-order valence-corrected chi connectivity index (χ2v) is 5.07. The van der Waals surface area contributed by atoms with Crippen LogP contribution in [0.4, 0.5) is 4.39 Å². The van der Waals surface area contributed by atoms with Crippen LogP contribution in [-0.4, -0.2) is 25.0 Å². The zero-order valence-corrected chi connectivity index (χ0v) is 11.1. The van der Waals surface area contributed by atoms with Crippen LogP contribution in [0.3, 0.4) is 0 Å². The predicted octanol–water partition coefficient (Wildman–Crippen LogP) is 3.42. The largest absolute Gasteiger partial charge is 0.307 e. The molecule has 0 amide bonds. The van der Waals surface area contributed by atoms with E-state index >= 15 is 0 Å². The van der Waals surface area contributed by atoms with Gasteiger partial charge in [-0.1, -0.05) is 19.1 Å². The van der Waals surface area contributed by atoms with Gasteiger partial charge in [-0.15, -0.1) is 11.3 Å². The Bertz CT molecular complexity index is 531. The van der Waals surface area contributed by atoms with Gasteiger partial charge in [0.1, 0.15) is 0 Å². The number of carbonyl (C=O) groups is 1. The van der Waals surface area contributed by atoms with E-state index in [4.69, 9.17) is 0 Å². The van der Waals surface area contributed by atoms with Gasteiger partial charge in [-0.2, -0.15) is 0 Å². The highest BCUT2D eigenvalue weighted by molar-refractivity contribution is 7.17. The molecule has 1 unspecified atom stereocenters. The highest BCUT2D eigenvalue weighted by atomic mass is 32.1. The van der Waals surface area contributed by atoms with E-state index in [0.29, 0.717) is 12.1 Å². The third-order valence-corrected chi connectivity index (χ3v) is 3.79. The Labute approximate surface area is 110 Å². The maximum atomic E-state index is 12.5. The minimum atomic E-state index is -0.481. The van der Waals surface area contributed by atoms with Crippen LogP contribution in [0, 0.1) is 0 Å². The molecule has 1 aromatic heterocycles. The Hall–Kier alpha value is -1.26. The molecule has 2 rings (SSSR count). The third kappa shape index (κ3) is 2.76. The SMILES string of the molecule is CCNC(CCF)C(=O)c1ccc2ccsc2c1. The summed E-state index contributed by atoms with van der Waals surface area (Å²) in [6.45, 7) is 2.10. The molecule has 0 aliphatic carbocycles. The Kier molecular flexibility index (Phi) is 4.44. The van der Waals surface area contributed by atoms with Crippen LogP contribution < -0.4 is 5.32 Å². The number of hydrogen-bond donors (Lipinski definition) is 1. The average molecular weight is 265 g/mol. The molecule has 0 fully saturated rings. The molecule has 4 heteroatoms. The van der Waals surface area contributed by atoms with Gasteiger partial charge in [-0.25, -0.2) is 0 Å². The van der Waals surface area contributed by atoms with Crippen LogP contribution >= 0.6 is 11.3 Å². The Morgan fingerprint density at radius 1 is 1.44 bits per heavy atom. The first kappa shape index (κ1) is 13.2. The number of ketones is 1. The number of benzene rings is 1. The summed E-state index contributed by atoms with van der Waals surface area (Å²) in [6, 6.07) is 7.26. The van der Waals surface area contributed by atoms with Crippen LogP contribution in [0.15, 0.2) is 29.6 Å². The maximum Gasteiger partial charge on any atom is 0.179 e. The number of hydrogen-bond acceptors (Lipinski definition) is 3. The lowest BCUT2D eigenvalue weighted by molar-refractivity contribution is 0.0934. The van der Waals surface area contributed by atoms with Gasteiger partial charge < -0.3 is 5.32 Å². The van der Waals surface area contributed by atoms with Gasteiger partial charge >= 0.3 is 0 Å². The molecule has 1 heterocycles. The lowest BCUT2D eigenvalue weighted by atomic mass is 10.0. The van der Waals surface area contributed by atoms with Crippen LogP contribution in [0.5, 0.6) is 0 Å². The molecule has 2 nitrogen and oxygen atoms in total. The zero-order chi connectivity index (χ0) is 13.0. The van der Waals surface area contributed by atoms with Crippen LogP contribution in [0.1, 0.15) is 23.7 Å². The van der Waals surface area contributed by atoms with Crippen molar-refractivity contribution in [3.05, 3.63) is 35.2 Å². The van der Waals surface area contributed by atoms with Crippen molar-refractivity contribution >= 4 is 27.2 Å².